The molecule has 22 heavy (non-hydrogen) atoms. The van der Waals surface area contributed by atoms with E-state index < -0.39 is 11.4 Å². The van der Waals surface area contributed by atoms with Gasteiger partial charge in [-0.25, -0.2) is 0 Å². The Balaban J connectivity index is 4.04. The molecular weight excluding hydrogens is 272 g/mol. The topological polar surface area (TPSA) is 37.3 Å². The van der Waals surface area contributed by atoms with Gasteiger partial charge in [-0.1, -0.05) is 97.8 Å². The Hall–Kier alpha value is -0.530. The van der Waals surface area contributed by atoms with Crippen LogP contribution in [-0.2, 0) is 4.79 Å². The maximum Gasteiger partial charge on any atom is 0.309 e. The van der Waals surface area contributed by atoms with Crippen LogP contribution in [0.15, 0.2) is 0 Å². The first-order valence-corrected chi connectivity index (χ1v) is 9.86. The molecule has 0 aromatic carbocycles. The summed E-state index contributed by atoms with van der Waals surface area (Å²) in [6, 6.07) is 0. The predicted molar refractivity (Wildman–Crippen MR) is 96.3 cm³/mol. The lowest BCUT2D eigenvalue weighted by Gasteiger charge is -2.28. The standard InChI is InChI=1S/C20H40O2/c1-4-7-9-11-13-15-17-20(6-3,19(21)22)18-16-14-12-10-8-5-2/h4-18H2,1-3H3,(H,21,22). The van der Waals surface area contributed by atoms with Crippen LogP contribution < -0.4 is 0 Å². The molecule has 0 atom stereocenters. The SMILES string of the molecule is CCCCCCCCC(CC)(CCCCCCCC)C(=O)O. The monoisotopic (exact) mass is 312 g/mol. The number of hydrogen-bond donors (Lipinski definition) is 1. The maximum atomic E-state index is 11.8. The first kappa shape index (κ1) is 21.5. The number of carboxylic acid groups (broad SMARTS) is 1. The van der Waals surface area contributed by atoms with Gasteiger partial charge in [0.1, 0.15) is 0 Å². The number of rotatable bonds is 16. The van der Waals surface area contributed by atoms with Crippen LogP contribution in [0.2, 0.25) is 0 Å². The second-order valence-electron chi connectivity index (χ2n) is 6.97. The molecule has 0 bridgehead atoms. The van der Waals surface area contributed by atoms with Crippen LogP contribution in [-0.4, -0.2) is 11.1 Å². The first-order chi connectivity index (χ1) is 10.6. The summed E-state index contributed by atoms with van der Waals surface area (Å²) in [5.74, 6) is -0.558. The van der Waals surface area contributed by atoms with Crippen LogP contribution in [0.5, 0.6) is 0 Å². The van der Waals surface area contributed by atoms with E-state index in [9.17, 15) is 9.90 Å². The molecule has 2 heteroatoms. The lowest BCUT2D eigenvalue weighted by Crippen LogP contribution is -2.30. The van der Waals surface area contributed by atoms with Crippen molar-refractivity contribution in [3.8, 4) is 0 Å². The van der Waals surface area contributed by atoms with Gasteiger partial charge in [0.15, 0.2) is 0 Å². The predicted octanol–water partition coefficient (Wildman–Crippen LogP) is 6.97. The van der Waals surface area contributed by atoms with Crippen LogP contribution in [0.25, 0.3) is 0 Å². The molecule has 0 fully saturated rings. The van der Waals surface area contributed by atoms with E-state index in [-0.39, 0.29) is 0 Å². The van der Waals surface area contributed by atoms with Crippen LogP contribution >= 0.6 is 0 Å². The highest BCUT2D eigenvalue weighted by Crippen LogP contribution is 2.35. The lowest BCUT2D eigenvalue weighted by molar-refractivity contribution is -0.150. The quantitative estimate of drug-likeness (QED) is 0.312. The summed E-state index contributed by atoms with van der Waals surface area (Å²) in [4.78, 5) is 11.8. The third-order valence-corrected chi connectivity index (χ3v) is 5.15. The fraction of sp³-hybridized carbons (Fsp3) is 0.950. The average molecular weight is 313 g/mol. The summed E-state index contributed by atoms with van der Waals surface area (Å²) in [5.41, 5.74) is -0.449. The lowest BCUT2D eigenvalue weighted by atomic mass is 9.76. The third kappa shape index (κ3) is 9.48. The molecule has 0 saturated heterocycles. The van der Waals surface area contributed by atoms with Crippen molar-refractivity contribution in [1.82, 2.24) is 0 Å². The Morgan fingerprint density at radius 2 is 1.05 bits per heavy atom. The molecule has 0 unspecified atom stereocenters. The fourth-order valence-corrected chi connectivity index (χ4v) is 3.33. The highest BCUT2D eigenvalue weighted by Gasteiger charge is 2.35. The van der Waals surface area contributed by atoms with Crippen molar-refractivity contribution in [2.45, 2.75) is 117 Å². The molecule has 0 heterocycles. The molecule has 1 N–H and O–H groups in total. The number of carbonyl (C=O) groups is 1. The minimum absolute atomic E-state index is 0.449. The number of aliphatic carboxylic acids is 1. The highest BCUT2D eigenvalue weighted by molar-refractivity contribution is 5.74. The maximum absolute atomic E-state index is 11.8. The van der Waals surface area contributed by atoms with E-state index in [4.69, 9.17) is 0 Å². The number of carboxylic acids is 1. The zero-order valence-corrected chi connectivity index (χ0v) is 15.5. The molecule has 0 aromatic rings. The van der Waals surface area contributed by atoms with E-state index in [2.05, 4.69) is 20.8 Å². The van der Waals surface area contributed by atoms with E-state index in [0.29, 0.717) is 0 Å². The summed E-state index contributed by atoms with van der Waals surface area (Å²) >= 11 is 0. The van der Waals surface area contributed by atoms with Gasteiger partial charge >= 0.3 is 5.97 Å². The number of hydrogen-bond acceptors (Lipinski definition) is 1. The molecule has 0 radical (unpaired) electrons. The van der Waals surface area contributed by atoms with Gasteiger partial charge in [0.05, 0.1) is 5.41 Å². The molecule has 0 saturated carbocycles. The van der Waals surface area contributed by atoms with E-state index in [1.54, 1.807) is 0 Å². The molecule has 2 nitrogen and oxygen atoms in total. The normalized spacial score (nSPS) is 11.8. The molecule has 0 rings (SSSR count). The first-order valence-electron chi connectivity index (χ1n) is 9.86. The fourth-order valence-electron chi connectivity index (χ4n) is 3.33. The van der Waals surface area contributed by atoms with Crippen molar-refractivity contribution in [1.29, 1.82) is 0 Å². The van der Waals surface area contributed by atoms with Crippen molar-refractivity contribution in [2.24, 2.45) is 5.41 Å². The smallest absolute Gasteiger partial charge is 0.309 e. The summed E-state index contributed by atoms with van der Waals surface area (Å²) in [6.07, 6.45) is 17.4. The minimum atomic E-state index is -0.558. The average Bonchev–Trinajstić information content (AvgIpc) is 2.51. The van der Waals surface area contributed by atoms with E-state index in [1.165, 1.54) is 64.2 Å². The van der Waals surface area contributed by atoms with E-state index in [1.807, 2.05) is 0 Å². The van der Waals surface area contributed by atoms with Gasteiger partial charge in [0.25, 0.3) is 0 Å². The van der Waals surface area contributed by atoms with Crippen LogP contribution in [0, 0.1) is 5.41 Å². The largest absolute Gasteiger partial charge is 0.481 e. The van der Waals surface area contributed by atoms with Gasteiger partial charge < -0.3 is 5.11 Å². The number of unbranched alkanes of at least 4 members (excludes halogenated alkanes) is 10. The molecule has 132 valence electrons. The van der Waals surface area contributed by atoms with Crippen LogP contribution in [0.1, 0.15) is 117 Å². The van der Waals surface area contributed by atoms with Gasteiger partial charge in [-0.3, -0.25) is 4.79 Å². The Labute approximate surface area is 139 Å². The Kier molecular flexibility index (Phi) is 13.7. The Morgan fingerprint density at radius 3 is 1.36 bits per heavy atom. The molecule has 0 aromatic heterocycles. The zero-order chi connectivity index (χ0) is 16.7. The van der Waals surface area contributed by atoms with Crippen LogP contribution in [0.3, 0.4) is 0 Å². The van der Waals surface area contributed by atoms with Gasteiger partial charge in [0, 0.05) is 0 Å². The van der Waals surface area contributed by atoms with Crippen molar-refractivity contribution in [3.05, 3.63) is 0 Å². The van der Waals surface area contributed by atoms with Gasteiger partial charge in [-0.2, -0.15) is 0 Å². The zero-order valence-electron chi connectivity index (χ0n) is 15.5. The third-order valence-electron chi connectivity index (χ3n) is 5.15. The van der Waals surface area contributed by atoms with E-state index in [0.717, 1.165) is 32.1 Å². The highest BCUT2D eigenvalue weighted by atomic mass is 16.4. The Bertz CT molecular complexity index is 244. The summed E-state index contributed by atoms with van der Waals surface area (Å²) < 4.78 is 0. The molecule has 0 aliphatic heterocycles. The van der Waals surface area contributed by atoms with Crippen LogP contribution in [0.4, 0.5) is 0 Å². The second kappa shape index (κ2) is 14.1. The molecule has 0 spiro atoms. The van der Waals surface area contributed by atoms with Gasteiger partial charge in [-0.15, -0.1) is 0 Å². The summed E-state index contributed by atoms with van der Waals surface area (Å²) in [5, 5.41) is 9.71. The van der Waals surface area contributed by atoms with Crippen molar-refractivity contribution < 1.29 is 9.90 Å². The molecule has 0 aliphatic carbocycles. The summed E-state index contributed by atoms with van der Waals surface area (Å²) in [7, 11) is 0. The van der Waals surface area contributed by atoms with Crippen molar-refractivity contribution in [2.75, 3.05) is 0 Å². The van der Waals surface area contributed by atoms with Crippen molar-refractivity contribution >= 4 is 5.97 Å². The summed E-state index contributed by atoms with van der Waals surface area (Å²) in [6.45, 7) is 6.52. The minimum Gasteiger partial charge on any atom is -0.481 e. The van der Waals surface area contributed by atoms with Crippen molar-refractivity contribution in [3.63, 3.8) is 0 Å². The molecular formula is C20H40O2. The molecule has 0 aliphatic rings. The van der Waals surface area contributed by atoms with E-state index >= 15 is 0 Å². The second-order valence-corrected chi connectivity index (χ2v) is 6.97. The molecule has 0 amide bonds. The van der Waals surface area contributed by atoms with Gasteiger partial charge in [0.2, 0.25) is 0 Å². The Morgan fingerprint density at radius 1 is 0.682 bits per heavy atom. The van der Waals surface area contributed by atoms with Gasteiger partial charge in [-0.05, 0) is 19.3 Å².